The Morgan fingerprint density at radius 1 is 1.55 bits per heavy atom. The van der Waals surface area contributed by atoms with Gasteiger partial charge in [-0.1, -0.05) is 6.92 Å². The summed E-state index contributed by atoms with van der Waals surface area (Å²) in [6.45, 7) is 4.00. The van der Waals surface area contributed by atoms with Crippen molar-refractivity contribution < 1.29 is 8.42 Å². The molecule has 0 rings (SSSR count). The van der Waals surface area contributed by atoms with Gasteiger partial charge in [0.15, 0.2) is 0 Å². The Bertz CT molecular complexity index is 207. The van der Waals surface area contributed by atoms with E-state index in [0.29, 0.717) is 13.0 Å². The second-order valence-corrected chi connectivity index (χ2v) is 4.74. The molecule has 3 N–H and O–H groups in total. The van der Waals surface area contributed by atoms with E-state index < -0.39 is 15.6 Å². The van der Waals surface area contributed by atoms with Gasteiger partial charge in [0.2, 0.25) is 10.0 Å². The highest BCUT2D eigenvalue weighted by atomic mass is 32.2. The number of sulfonamides is 1. The lowest BCUT2D eigenvalue weighted by atomic mass is 10.0. The zero-order valence-corrected chi connectivity index (χ0v) is 8.03. The molecule has 0 aliphatic heterocycles. The highest BCUT2D eigenvalue weighted by Gasteiger charge is 2.23. The summed E-state index contributed by atoms with van der Waals surface area (Å²) in [5.41, 5.74) is 4.91. The highest BCUT2D eigenvalue weighted by Crippen LogP contribution is 2.07. The van der Waals surface area contributed by atoms with Gasteiger partial charge in [-0.3, -0.25) is 0 Å². The normalized spacial score (nSPS) is 17.8. The second-order valence-electron chi connectivity index (χ2n) is 2.99. The average molecular weight is 180 g/mol. The van der Waals surface area contributed by atoms with E-state index in [9.17, 15) is 8.42 Å². The monoisotopic (exact) mass is 180 g/mol. The van der Waals surface area contributed by atoms with Crippen molar-refractivity contribution >= 4 is 10.0 Å². The molecule has 0 saturated carbocycles. The Morgan fingerprint density at radius 2 is 2.00 bits per heavy atom. The van der Waals surface area contributed by atoms with Gasteiger partial charge in [0.25, 0.3) is 0 Å². The topological polar surface area (TPSA) is 72.2 Å². The minimum absolute atomic E-state index is 0.316. The van der Waals surface area contributed by atoms with E-state index in [1.165, 1.54) is 0 Å². The fourth-order valence-corrected chi connectivity index (χ4v) is 1.83. The molecule has 68 valence electrons. The van der Waals surface area contributed by atoms with Gasteiger partial charge in [0.1, 0.15) is 0 Å². The summed E-state index contributed by atoms with van der Waals surface area (Å²) >= 11 is 0. The minimum Gasteiger partial charge on any atom is -0.329 e. The fraction of sp³-hybridized carbons (Fsp3) is 1.00. The molecule has 11 heavy (non-hydrogen) atoms. The first-order chi connectivity index (χ1) is 4.83. The van der Waals surface area contributed by atoms with Crippen molar-refractivity contribution in [1.82, 2.24) is 4.72 Å². The van der Waals surface area contributed by atoms with Gasteiger partial charge in [-0.05, 0) is 13.3 Å². The lowest BCUT2D eigenvalue weighted by Gasteiger charge is -2.26. The van der Waals surface area contributed by atoms with Crippen LogP contribution in [0, 0.1) is 0 Å². The van der Waals surface area contributed by atoms with Crippen molar-refractivity contribution in [3.05, 3.63) is 0 Å². The molecule has 0 aromatic rings. The molecule has 1 unspecified atom stereocenters. The first kappa shape index (κ1) is 10.9. The van der Waals surface area contributed by atoms with Crippen LogP contribution in [-0.2, 0) is 10.0 Å². The molecule has 0 heterocycles. The summed E-state index contributed by atoms with van der Waals surface area (Å²) in [6, 6.07) is 0. The molecule has 0 radical (unpaired) electrons. The summed E-state index contributed by atoms with van der Waals surface area (Å²) in [4.78, 5) is 0. The third-order valence-electron chi connectivity index (χ3n) is 1.66. The Balaban J connectivity index is 4.32. The van der Waals surface area contributed by atoms with E-state index in [1.807, 2.05) is 6.92 Å². The van der Waals surface area contributed by atoms with Crippen LogP contribution in [-0.4, -0.2) is 26.8 Å². The fourth-order valence-electron chi connectivity index (χ4n) is 0.706. The van der Waals surface area contributed by atoms with Gasteiger partial charge in [-0.2, -0.15) is 0 Å². The Hall–Kier alpha value is -0.130. The van der Waals surface area contributed by atoms with Gasteiger partial charge in [0, 0.05) is 12.1 Å². The first-order valence-corrected chi connectivity index (χ1v) is 5.41. The van der Waals surface area contributed by atoms with Crippen LogP contribution in [0.2, 0.25) is 0 Å². The summed E-state index contributed by atoms with van der Waals surface area (Å²) in [5, 5.41) is 0. The highest BCUT2D eigenvalue weighted by molar-refractivity contribution is 7.88. The predicted molar refractivity (Wildman–Crippen MR) is 45.7 cm³/mol. The van der Waals surface area contributed by atoms with E-state index in [1.54, 1.807) is 6.92 Å². The smallest absolute Gasteiger partial charge is 0.209 e. The van der Waals surface area contributed by atoms with Gasteiger partial charge < -0.3 is 5.73 Å². The van der Waals surface area contributed by atoms with Crippen molar-refractivity contribution in [3.63, 3.8) is 0 Å². The molecule has 0 aromatic carbocycles. The Labute approximate surface area is 68.2 Å². The zero-order valence-electron chi connectivity index (χ0n) is 7.22. The van der Waals surface area contributed by atoms with Gasteiger partial charge >= 0.3 is 0 Å². The quantitative estimate of drug-likeness (QED) is 0.622. The molecule has 1 atom stereocenters. The van der Waals surface area contributed by atoms with Crippen LogP contribution in [0.15, 0.2) is 0 Å². The molecule has 0 aromatic heterocycles. The van der Waals surface area contributed by atoms with Crippen LogP contribution in [0.4, 0.5) is 0 Å². The van der Waals surface area contributed by atoms with E-state index >= 15 is 0 Å². The van der Waals surface area contributed by atoms with Crippen molar-refractivity contribution in [2.75, 3.05) is 12.8 Å². The van der Waals surface area contributed by atoms with Crippen LogP contribution in [0.25, 0.3) is 0 Å². The van der Waals surface area contributed by atoms with E-state index in [0.717, 1.165) is 6.26 Å². The van der Waals surface area contributed by atoms with Crippen molar-refractivity contribution in [3.8, 4) is 0 Å². The van der Waals surface area contributed by atoms with Crippen LogP contribution in [0.3, 0.4) is 0 Å². The van der Waals surface area contributed by atoms with Crippen LogP contribution in [0.5, 0.6) is 0 Å². The first-order valence-electron chi connectivity index (χ1n) is 3.52. The number of nitrogens with one attached hydrogen (secondary N) is 1. The molecular formula is C6H16N2O2S. The van der Waals surface area contributed by atoms with Crippen molar-refractivity contribution in [2.24, 2.45) is 5.73 Å². The predicted octanol–water partition coefficient (Wildman–Crippen LogP) is -0.337. The van der Waals surface area contributed by atoms with Gasteiger partial charge in [-0.25, -0.2) is 13.1 Å². The van der Waals surface area contributed by atoms with E-state index in [-0.39, 0.29) is 0 Å². The molecule has 5 heteroatoms. The molecule has 0 aliphatic rings. The molecule has 0 fully saturated rings. The minimum atomic E-state index is -3.14. The average Bonchev–Trinajstić information content (AvgIpc) is 1.84. The molecule has 4 nitrogen and oxygen atoms in total. The molecule has 0 amide bonds. The number of hydrogen-bond donors (Lipinski definition) is 2. The largest absolute Gasteiger partial charge is 0.329 e. The van der Waals surface area contributed by atoms with E-state index in [4.69, 9.17) is 5.73 Å². The summed E-state index contributed by atoms with van der Waals surface area (Å²) in [6.07, 6.45) is 1.83. The van der Waals surface area contributed by atoms with Crippen LogP contribution < -0.4 is 10.5 Å². The number of nitrogens with two attached hydrogens (primary N) is 1. The third kappa shape index (κ3) is 4.34. The molecule has 0 bridgehead atoms. The summed E-state index contributed by atoms with van der Waals surface area (Å²) in [7, 11) is -3.14. The summed E-state index contributed by atoms with van der Waals surface area (Å²) < 4.78 is 24.1. The number of rotatable bonds is 4. The SMILES string of the molecule is CCC(C)(CN)NS(C)(=O)=O. The standard InChI is InChI=1S/C6H16N2O2S/c1-4-6(2,5-7)8-11(3,9)10/h8H,4-5,7H2,1-3H3. The molecule has 0 saturated heterocycles. The van der Waals surface area contributed by atoms with Crippen molar-refractivity contribution in [1.29, 1.82) is 0 Å². The summed E-state index contributed by atoms with van der Waals surface area (Å²) in [5.74, 6) is 0. The maximum Gasteiger partial charge on any atom is 0.209 e. The zero-order chi connectivity index (χ0) is 9.12. The van der Waals surface area contributed by atoms with Crippen molar-refractivity contribution in [2.45, 2.75) is 25.8 Å². The number of hydrogen-bond acceptors (Lipinski definition) is 3. The maximum atomic E-state index is 10.8. The Kier molecular flexibility index (Phi) is 3.47. The lowest BCUT2D eigenvalue weighted by Crippen LogP contribution is -2.50. The Morgan fingerprint density at radius 3 is 2.09 bits per heavy atom. The van der Waals surface area contributed by atoms with Gasteiger partial charge in [-0.15, -0.1) is 0 Å². The van der Waals surface area contributed by atoms with Crippen LogP contribution in [0.1, 0.15) is 20.3 Å². The molecule has 0 spiro atoms. The van der Waals surface area contributed by atoms with E-state index in [2.05, 4.69) is 4.72 Å². The molecular weight excluding hydrogens is 164 g/mol. The molecule has 0 aliphatic carbocycles. The second kappa shape index (κ2) is 3.51. The maximum absolute atomic E-state index is 10.8. The van der Waals surface area contributed by atoms with Crippen LogP contribution >= 0.6 is 0 Å². The third-order valence-corrected chi connectivity index (χ3v) is 2.53. The lowest BCUT2D eigenvalue weighted by molar-refractivity contribution is 0.413. The van der Waals surface area contributed by atoms with Gasteiger partial charge in [0.05, 0.1) is 6.26 Å².